The van der Waals surface area contributed by atoms with Gasteiger partial charge < -0.3 is 10.6 Å². The highest BCUT2D eigenvalue weighted by molar-refractivity contribution is 6.43. The quantitative estimate of drug-likeness (QED) is 0.625. The third kappa shape index (κ3) is 3.84. The number of hydrogen-bond donors (Lipinski definition) is 2. The van der Waals surface area contributed by atoms with Gasteiger partial charge in [-0.2, -0.15) is 10.1 Å². The molecule has 2 N–H and O–H groups in total. The molecule has 1 heterocycles. The Morgan fingerprint density at radius 2 is 1.79 bits per heavy atom. The molecule has 0 unspecified atom stereocenters. The largest absolute Gasteiger partial charge is 0.339 e. The van der Waals surface area contributed by atoms with Gasteiger partial charge in [0.25, 0.3) is 0 Å². The van der Waals surface area contributed by atoms with Crippen molar-refractivity contribution < 1.29 is 4.39 Å². The number of rotatable bonds is 4. The molecular weight excluding hydrogens is 376 g/mol. The van der Waals surface area contributed by atoms with Crippen LogP contribution in [-0.4, -0.2) is 15.2 Å². The summed E-state index contributed by atoms with van der Waals surface area (Å²) < 4.78 is 13.2. The first-order chi connectivity index (χ1) is 11.5. The minimum Gasteiger partial charge on any atom is -0.339 e. The van der Waals surface area contributed by atoms with Gasteiger partial charge in [-0.3, -0.25) is 0 Å². The van der Waals surface area contributed by atoms with E-state index in [1.807, 2.05) is 0 Å². The fraction of sp³-hybridized carbons (Fsp3) is 0. The van der Waals surface area contributed by atoms with E-state index < -0.39 is 5.82 Å². The van der Waals surface area contributed by atoms with Crippen LogP contribution in [0.1, 0.15) is 0 Å². The van der Waals surface area contributed by atoms with E-state index in [-0.39, 0.29) is 11.0 Å². The zero-order valence-corrected chi connectivity index (χ0v) is 14.2. The summed E-state index contributed by atoms with van der Waals surface area (Å²) in [4.78, 5) is 4.25. The lowest BCUT2D eigenvalue weighted by molar-refractivity contribution is 0.628. The normalized spacial score (nSPS) is 10.5. The third-order valence-electron chi connectivity index (χ3n) is 2.95. The number of halogens is 4. The number of hydrogen-bond acceptors (Lipinski definition) is 5. The molecule has 0 atom stereocenters. The predicted octanol–water partition coefficient (Wildman–Crippen LogP) is 5.46. The Kier molecular flexibility index (Phi) is 4.99. The highest BCUT2D eigenvalue weighted by Gasteiger charge is 2.08. The summed E-state index contributed by atoms with van der Waals surface area (Å²) in [6, 6.07) is 9.38. The van der Waals surface area contributed by atoms with Gasteiger partial charge in [0.1, 0.15) is 5.82 Å². The van der Waals surface area contributed by atoms with Crippen molar-refractivity contribution in [1.82, 2.24) is 15.2 Å². The molecule has 0 saturated heterocycles. The lowest BCUT2D eigenvalue weighted by Crippen LogP contribution is -2.02. The predicted molar refractivity (Wildman–Crippen MR) is 94.3 cm³/mol. The molecule has 122 valence electrons. The first kappa shape index (κ1) is 16.7. The van der Waals surface area contributed by atoms with Crippen LogP contribution in [0.3, 0.4) is 0 Å². The van der Waals surface area contributed by atoms with E-state index in [1.165, 1.54) is 24.4 Å². The Hall–Kier alpha value is -2.15. The summed E-state index contributed by atoms with van der Waals surface area (Å²) in [5.74, 6) is 0.117. The first-order valence-corrected chi connectivity index (χ1v) is 7.79. The van der Waals surface area contributed by atoms with Gasteiger partial charge >= 0.3 is 0 Å². The maximum absolute atomic E-state index is 13.2. The number of anilines is 4. The minimum absolute atomic E-state index is 0.00562. The summed E-state index contributed by atoms with van der Waals surface area (Å²) in [5, 5.41) is 14.4. The van der Waals surface area contributed by atoms with E-state index >= 15 is 0 Å². The Morgan fingerprint density at radius 3 is 2.58 bits per heavy atom. The van der Waals surface area contributed by atoms with Gasteiger partial charge in [-0.15, -0.1) is 5.10 Å². The third-order valence-corrected chi connectivity index (χ3v) is 4.06. The topological polar surface area (TPSA) is 62.7 Å². The summed E-state index contributed by atoms with van der Waals surface area (Å²) in [6.07, 6.45) is 1.42. The summed E-state index contributed by atoms with van der Waals surface area (Å²) in [5.41, 5.74) is 1.11. The van der Waals surface area contributed by atoms with Crippen LogP contribution >= 0.6 is 34.8 Å². The molecule has 2 aromatic carbocycles. The maximum Gasteiger partial charge on any atom is 0.249 e. The van der Waals surface area contributed by atoms with E-state index in [0.717, 1.165) is 0 Å². The van der Waals surface area contributed by atoms with Crippen LogP contribution in [0, 0.1) is 5.82 Å². The zero-order valence-electron chi connectivity index (χ0n) is 11.9. The lowest BCUT2D eigenvalue weighted by Gasteiger charge is -2.09. The molecule has 9 heteroatoms. The number of nitrogens with one attached hydrogen (secondary N) is 2. The van der Waals surface area contributed by atoms with Crippen molar-refractivity contribution >= 4 is 57.9 Å². The van der Waals surface area contributed by atoms with Gasteiger partial charge in [0.2, 0.25) is 5.95 Å². The highest BCUT2D eigenvalue weighted by atomic mass is 35.5. The second-order valence-corrected chi connectivity index (χ2v) is 5.84. The first-order valence-electron chi connectivity index (χ1n) is 6.66. The second-order valence-electron chi connectivity index (χ2n) is 4.65. The Labute approximate surface area is 151 Å². The molecule has 0 radical (unpaired) electrons. The summed E-state index contributed by atoms with van der Waals surface area (Å²) in [6.45, 7) is 0. The second kappa shape index (κ2) is 7.17. The van der Waals surface area contributed by atoms with Crippen LogP contribution in [0.5, 0.6) is 0 Å². The van der Waals surface area contributed by atoms with Gasteiger partial charge in [-0.05, 0) is 30.3 Å². The molecule has 0 amide bonds. The van der Waals surface area contributed by atoms with Gasteiger partial charge in [0.15, 0.2) is 5.82 Å². The van der Waals surface area contributed by atoms with Gasteiger partial charge in [0.05, 0.1) is 27.0 Å². The van der Waals surface area contributed by atoms with E-state index in [0.29, 0.717) is 27.2 Å². The van der Waals surface area contributed by atoms with E-state index in [2.05, 4.69) is 25.8 Å². The SMILES string of the molecule is Fc1ccc(Nc2cnnc(Nc3cccc(Cl)c3Cl)n2)cc1Cl. The molecule has 3 rings (SSSR count). The maximum atomic E-state index is 13.2. The van der Waals surface area contributed by atoms with Crippen molar-refractivity contribution in [1.29, 1.82) is 0 Å². The van der Waals surface area contributed by atoms with Gasteiger partial charge in [-0.1, -0.05) is 40.9 Å². The Morgan fingerprint density at radius 1 is 0.958 bits per heavy atom. The Balaban J connectivity index is 1.81. The molecular formula is C15H9Cl3FN5. The van der Waals surface area contributed by atoms with Crippen molar-refractivity contribution in [3.63, 3.8) is 0 Å². The molecule has 3 aromatic rings. The van der Waals surface area contributed by atoms with Crippen molar-refractivity contribution in [3.8, 4) is 0 Å². The van der Waals surface area contributed by atoms with Crippen LogP contribution in [0.15, 0.2) is 42.6 Å². The molecule has 1 aromatic heterocycles. The van der Waals surface area contributed by atoms with E-state index in [1.54, 1.807) is 18.2 Å². The van der Waals surface area contributed by atoms with Crippen molar-refractivity contribution in [2.75, 3.05) is 10.6 Å². The zero-order chi connectivity index (χ0) is 17.1. The average Bonchev–Trinajstić information content (AvgIpc) is 2.56. The fourth-order valence-electron chi connectivity index (χ4n) is 1.86. The lowest BCUT2D eigenvalue weighted by atomic mass is 10.3. The van der Waals surface area contributed by atoms with Crippen LogP contribution in [0.4, 0.5) is 27.5 Å². The molecule has 0 aliphatic carbocycles. The van der Waals surface area contributed by atoms with Crippen LogP contribution in [-0.2, 0) is 0 Å². The summed E-state index contributed by atoms with van der Waals surface area (Å²) in [7, 11) is 0. The van der Waals surface area contributed by atoms with Crippen molar-refractivity contribution in [2.45, 2.75) is 0 Å². The standard InChI is InChI=1S/C15H9Cl3FN5/c16-9-2-1-3-12(14(9)18)22-15-23-13(7-20-24-15)21-8-4-5-11(19)10(17)6-8/h1-7H,(H2,21,22,23,24). The average molecular weight is 385 g/mol. The molecule has 0 saturated carbocycles. The molecule has 0 spiro atoms. The monoisotopic (exact) mass is 383 g/mol. The smallest absolute Gasteiger partial charge is 0.249 e. The van der Waals surface area contributed by atoms with E-state index in [4.69, 9.17) is 34.8 Å². The number of nitrogens with zero attached hydrogens (tertiary/aromatic N) is 3. The Bertz CT molecular complexity index is 891. The molecule has 24 heavy (non-hydrogen) atoms. The highest BCUT2D eigenvalue weighted by Crippen LogP contribution is 2.31. The number of benzene rings is 2. The summed E-state index contributed by atoms with van der Waals surface area (Å²) >= 11 is 17.8. The molecule has 5 nitrogen and oxygen atoms in total. The van der Waals surface area contributed by atoms with Crippen LogP contribution < -0.4 is 10.6 Å². The van der Waals surface area contributed by atoms with Gasteiger partial charge in [0, 0.05) is 5.69 Å². The number of aromatic nitrogens is 3. The van der Waals surface area contributed by atoms with E-state index in [9.17, 15) is 4.39 Å². The molecule has 0 bridgehead atoms. The molecule has 0 fully saturated rings. The van der Waals surface area contributed by atoms with Crippen LogP contribution in [0.25, 0.3) is 0 Å². The van der Waals surface area contributed by atoms with Crippen molar-refractivity contribution in [2.24, 2.45) is 0 Å². The van der Waals surface area contributed by atoms with Crippen LogP contribution in [0.2, 0.25) is 15.1 Å². The van der Waals surface area contributed by atoms with Gasteiger partial charge in [-0.25, -0.2) is 4.39 Å². The molecule has 0 aliphatic rings. The molecule has 0 aliphatic heterocycles. The fourth-order valence-corrected chi connectivity index (χ4v) is 2.39. The minimum atomic E-state index is -0.499. The van der Waals surface area contributed by atoms with Crippen molar-refractivity contribution in [3.05, 3.63) is 63.5 Å².